The van der Waals surface area contributed by atoms with Crippen LogP contribution < -0.4 is 0 Å². The van der Waals surface area contributed by atoms with E-state index in [4.69, 9.17) is 0 Å². The normalized spacial score (nSPS) is 22.5. The maximum absolute atomic E-state index is 13.2. The second-order valence-electron chi connectivity index (χ2n) is 7.43. The highest BCUT2D eigenvalue weighted by molar-refractivity contribution is 5.82. The number of nitrogens with zero attached hydrogens (tertiary/aromatic N) is 5. The minimum atomic E-state index is 0.0374. The Morgan fingerprint density at radius 2 is 1.69 bits per heavy atom. The molecule has 1 unspecified atom stereocenters. The lowest BCUT2D eigenvalue weighted by molar-refractivity contribution is -0.140. The molecule has 0 radical (unpaired) electrons. The van der Waals surface area contributed by atoms with Crippen molar-refractivity contribution in [2.75, 3.05) is 19.6 Å². The van der Waals surface area contributed by atoms with E-state index in [0.717, 1.165) is 51.9 Å². The molecule has 1 atom stereocenters. The number of carbonyl (C=O) groups excluding carboxylic acids is 1. The zero-order valence-corrected chi connectivity index (χ0v) is 15.2. The van der Waals surface area contributed by atoms with Crippen molar-refractivity contribution in [2.45, 2.75) is 50.7 Å². The molecular weight excluding hydrogens is 326 g/mol. The van der Waals surface area contributed by atoms with Crippen molar-refractivity contribution in [3.05, 3.63) is 48.5 Å². The number of hydrogen-bond acceptors (Lipinski definition) is 4. The molecule has 138 valence electrons. The molecule has 1 aromatic carbocycles. The molecule has 3 heterocycles. The molecule has 2 aliphatic heterocycles. The Morgan fingerprint density at radius 1 is 0.962 bits per heavy atom. The number of aromatic nitrogens is 3. The second kappa shape index (κ2) is 7.99. The van der Waals surface area contributed by atoms with Gasteiger partial charge in [-0.15, -0.1) is 10.2 Å². The standard InChI is InChI=1S/C20H27N5O/c26-20(23-12-9-18(10-13-23)25-15-21-22-16-25)19-8-4-5-11-24(19)14-17-6-2-1-3-7-17/h1-3,6-7,15-16,18-19H,4-5,8-14H2. The van der Waals surface area contributed by atoms with Gasteiger partial charge in [-0.1, -0.05) is 36.8 Å². The Balaban J connectivity index is 1.38. The Bertz CT molecular complexity index is 694. The number of amides is 1. The summed E-state index contributed by atoms with van der Waals surface area (Å²) in [4.78, 5) is 17.7. The van der Waals surface area contributed by atoms with Gasteiger partial charge in [0.05, 0.1) is 6.04 Å². The van der Waals surface area contributed by atoms with Gasteiger partial charge < -0.3 is 9.47 Å². The summed E-state index contributed by atoms with van der Waals surface area (Å²) in [5.41, 5.74) is 1.29. The number of piperidine rings is 2. The zero-order chi connectivity index (χ0) is 17.8. The monoisotopic (exact) mass is 353 g/mol. The van der Waals surface area contributed by atoms with Crippen LogP contribution >= 0.6 is 0 Å². The lowest BCUT2D eigenvalue weighted by Crippen LogP contribution is -2.52. The summed E-state index contributed by atoms with van der Waals surface area (Å²) in [6.45, 7) is 3.55. The molecule has 2 fully saturated rings. The third-order valence-corrected chi connectivity index (χ3v) is 5.76. The van der Waals surface area contributed by atoms with Gasteiger partial charge in [-0.05, 0) is 37.8 Å². The van der Waals surface area contributed by atoms with Gasteiger partial charge in [-0.2, -0.15) is 0 Å². The number of hydrogen-bond donors (Lipinski definition) is 0. The predicted octanol–water partition coefficient (Wildman–Crippen LogP) is 2.50. The highest BCUT2D eigenvalue weighted by atomic mass is 16.2. The number of likely N-dealkylation sites (tertiary alicyclic amines) is 2. The van der Waals surface area contributed by atoms with Crippen LogP contribution in [0.25, 0.3) is 0 Å². The fourth-order valence-corrected chi connectivity index (χ4v) is 4.27. The number of carbonyl (C=O) groups is 1. The van der Waals surface area contributed by atoms with E-state index in [-0.39, 0.29) is 6.04 Å². The highest BCUT2D eigenvalue weighted by Crippen LogP contribution is 2.26. The van der Waals surface area contributed by atoms with E-state index in [1.807, 2.05) is 6.07 Å². The van der Waals surface area contributed by atoms with Crippen LogP contribution in [-0.4, -0.2) is 56.1 Å². The molecule has 0 aliphatic carbocycles. The molecule has 0 saturated carbocycles. The second-order valence-corrected chi connectivity index (χ2v) is 7.43. The smallest absolute Gasteiger partial charge is 0.239 e. The van der Waals surface area contributed by atoms with Crippen molar-refractivity contribution in [3.8, 4) is 0 Å². The van der Waals surface area contributed by atoms with E-state index in [2.05, 4.69) is 48.8 Å². The van der Waals surface area contributed by atoms with Crippen molar-refractivity contribution < 1.29 is 4.79 Å². The molecule has 2 aliphatic rings. The molecule has 1 aromatic heterocycles. The topological polar surface area (TPSA) is 54.3 Å². The van der Waals surface area contributed by atoms with E-state index in [1.54, 1.807) is 12.7 Å². The minimum absolute atomic E-state index is 0.0374. The Morgan fingerprint density at radius 3 is 2.42 bits per heavy atom. The molecule has 4 rings (SSSR count). The molecule has 2 saturated heterocycles. The Kier molecular flexibility index (Phi) is 5.29. The van der Waals surface area contributed by atoms with Crippen LogP contribution in [0, 0.1) is 0 Å². The first-order valence-electron chi connectivity index (χ1n) is 9.72. The molecular formula is C20H27N5O. The molecule has 0 N–H and O–H groups in total. The molecule has 2 aromatic rings. The molecule has 0 bridgehead atoms. The van der Waals surface area contributed by atoms with Gasteiger partial charge in [0, 0.05) is 25.7 Å². The van der Waals surface area contributed by atoms with Crippen molar-refractivity contribution in [1.82, 2.24) is 24.6 Å². The first-order valence-corrected chi connectivity index (χ1v) is 9.72. The van der Waals surface area contributed by atoms with Gasteiger partial charge in [0.1, 0.15) is 12.7 Å². The Labute approximate surface area is 154 Å². The van der Waals surface area contributed by atoms with Gasteiger partial charge in [0.15, 0.2) is 0 Å². The van der Waals surface area contributed by atoms with Crippen LogP contribution in [0.4, 0.5) is 0 Å². The quantitative estimate of drug-likeness (QED) is 0.847. The first kappa shape index (κ1) is 17.2. The summed E-state index contributed by atoms with van der Waals surface area (Å²) in [5, 5.41) is 7.80. The average molecular weight is 353 g/mol. The summed E-state index contributed by atoms with van der Waals surface area (Å²) < 4.78 is 2.07. The van der Waals surface area contributed by atoms with Gasteiger partial charge >= 0.3 is 0 Å². The summed E-state index contributed by atoms with van der Waals surface area (Å²) in [7, 11) is 0. The fourth-order valence-electron chi connectivity index (χ4n) is 4.27. The van der Waals surface area contributed by atoms with Crippen LogP contribution in [0.1, 0.15) is 43.7 Å². The van der Waals surface area contributed by atoms with Gasteiger partial charge in [-0.25, -0.2) is 0 Å². The maximum atomic E-state index is 13.2. The SMILES string of the molecule is O=C(C1CCCCN1Cc1ccccc1)N1CCC(n2cnnc2)CC1. The van der Waals surface area contributed by atoms with E-state index < -0.39 is 0 Å². The van der Waals surface area contributed by atoms with Crippen LogP contribution in [0.3, 0.4) is 0 Å². The summed E-state index contributed by atoms with van der Waals surface area (Å²) in [6, 6.07) is 11.0. The third-order valence-electron chi connectivity index (χ3n) is 5.76. The number of benzene rings is 1. The van der Waals surface area contributed by atoms with Gasteiger partial charge in [0.25, 0.3) is 0 Å². The molecule has 1 amide bonds. The van der Waals surface area contributed by atoms with Crippen molar-refractivity contribution in [3.63, 3.8) is 0 Å². The highest BCUT2D eigenvalue weighted by Gasteiger charge is 2.33. The van der Waals surface area contributed by atoms with E-state index in [0.29, 0.717) is 11.9 Å². The molecule has 26 heavy (non-hydrogen) atoms. The van der Waals surface area contributed by atoms with E-state index in [1.165, 1.54) is 12.0 Å². The van der Waals surface area contributed by atoms with Crippen molar-refractivity contribution >= 4 is 5.91 Å². The van der Waals surface area contributed by atoms with Gasteiger partial charge in [0.2, 0.25) is 5.91 Å². The van der Waals surface area contributed by atoms with Crippen molar-refractivity contribution in [2.24, 2.45) is 0 Å². The lowest BCUT2D eigenvalue weighted by atomic mass is 9.98. The molecule has 0 spiro atoms. The minimum Gasteiger partial charge on any atom is -0.341 e. The predicted molar refractivity (Wildman–Crippen MR) is 99.4 cm³/mol. The zero-order valence-electron chi connectivity index (χ0n) is 15.2. The number of rotatable bonds is 4. The van der Waals surface area contributed by atoms with Crippen LogP contribution in [0.15, 0.2) is 43.0 Å². The molecule has 6 heteroatoms. The Hall–Kier alpha value is -2.21. The maximum Gasteiger partial charge on any atom is 0.239 e. The summed E-state index contributed by atoms with van der Waals surface area (Å²) >= 11 is 0. The lowest BCUT2D eigenvalue weighted by Gasteiger charge is -2.40. The van der Waals surface area contributed by atoms with Crippen LogP contribution in [-0.2, 0) is 11.3 Å². The average Bonchev–Trinajstić information content (AvgIpc) is 3.24. The third kappa shape index (κ3) is 3.80. The van der Waals surface area contributed by atoms with Crippen LogP contribution in [0.5, 0.6) is 0 Å². The first-order chi connectivity index (χ1) is 12.8. The summed E-state index contributed by atoms with van der Waals surface area (Å²) in [6.07, 6.45) is 8.85. The van der Waals surface area contributed by atoms with Crippen molar-refractivity contribution in [1.29, 1.82) is 0 Å². The van der Waals surface area contributed by atoms with Gasteiger partial charge in [-0.3, -0.25) is 9.69 Å². The summed E-state index contributed by atoms with van der Waals surface area (Å²) in [5.74, 6) is 0.322. The van der Waals surface area contributed by atoms with Crippen LogP contribution in [0.2, 0.25) is 0 Å². The van der Waals surface area contributed by atoms with E-state index in [9.17, 15) is 4.79 Å². The van der Waals surface area contributed by atoms with E-state index >= 15 is 0 Å². The fraction of sp³-hybridized carbons (Fsp3) is 0.550. The largest absolute Gasteiger partial charge is 0.341 e. The molecule has 6 nitrogen and oxygen atoms in total.